The number of methoxy groups -OCH3 is 1. The smallest absolute Gasteiger partial charge is 0.243 e. The van der Waals surface area contributed by atoms with Crippen molar-refractivity contribution in [2.24, 2.45) is 0 Å². The molecule has 0 unspecified atom stereocenters. The fraction of sp³-hybridized carbons (Fsp3) is 0.333. The normalized spacial score (nSPS) is 15.9. The summed E-state index contributed by atoms with van der Waals surface area (Å²) in [4.78, 5) is 2.23. The first-order valence-electron chi connectivity index (χ1n) is 8.17. The van der Waals surface area contributed by atoms with Gasteiger partial charge in [-0.2, -0.15) is 4.31 Å². The van der Waals surface area contributed by atoms with E-state index in [2.05, 4.69) is 4.90 Å². The molecule has 26 heavy (non-hydrogen) atoms. The van der Waals surface area contributed by atoms with Crippen molar-refractivity contribution in [1.29, 1.82) is 0 Å². The van der Waals surface area contributed by atoms with Crippen molar-refractivity contribution in [3.05, 3.63) is 52.8 Å². The third kappa shape index (κ3) is 3.65. The van der Waals surface area contributed by atoms with Gasteiger partial charge in [-0.3, -0.25) is 0 Å². The molecule has 0 saturated carbocycles. The highest BCUT2D eigenvalue weighted by molar-refractivity contribution is 7.89. The Bertz CT molecular complexity index is 913. The standard InChI is InChI=1S/C18H20ClFN2O3S/c1-13-11-14(20)3-6-18(13)26(23,24)22-9-7-21(8-10-22)15-4-5-17(25-2)16(19)12-15/h3-6,11-12H,7-10H2,1-2H3. The Morgan fingerprint density at radius 1 is 1.08 bits per heavy atom. The van der Waals surface area contributed by atoms with Crippen molar-refractivity contribution in [2.75, 3.05) is 38.2 Å². The second kappa shape index (κ2) is 7.42. The van der Waals surface area contributed by atoms with Crippen LogP contribution >= 0.6 is 11.6 Å². The summed E-state index contributed by atoms with van der Waals surface area (Å²) >= 11 is 6.17. The second-order valence-electron chi connectivity index (χ2n) is 6.12. The maximum absolute atomic E-state index is 13.3. The highest BCUT2D eigenvalue weighted by Gasteiger charge is 2.30. The number of anilines is 1. The SMILES string of the molecule is COc1ccc(N2CCN(S(=O)(=O)c3ccc(F)cc3C)CC2)cc1Cl. The lowest BCUT2D eigenvalue weighted by Gasteiger charge is -2.35. The van der Waals surface area contributed by atoms with Crippen LogP contribution in [0.15, 0.2) is 41.3 Å². The third-order valence-corrected chi connectivity index (χ3v) is 6.85. The summed E-state index contributed by atoms with van der Waals surface area (Å²) in [5, 5.41) is 0.516. The zero-order chi connectivity index (χ0) is 18.9. The van der Waals surface area contributed by atoms with Crippen molar-refractivity contribution in [3.63, 3.8) is 0 Å². The molecule has 2 aromatic rings. The van der Waals surface area contributed by atoms with E-state index in [1.54, 1.807) is 20.1 Å². The van der Waals surface area contributed by atoms with Gasteiger partial charge in [0.15, 0.2) is 0 Å². The number of ether oxygens (including phenoxy) is 1. The number of benzene rings is 2. The zero-order valence-electron chi connectivity index (χ0n) is 14.6. The molecule has 1 saturated heterocycles. The Kier molecular flexibility index (Phi) is 5.41. The first kappa shape index (κ1) is 18.9. The Morgan fingerprint density at radius 2 is 1.77 bits per heavy atom. The Labute approximate surface area is 158 Å². The molecule has 0 aliphatic carbocycles. The molecule has 1 aliphatic rings. The van der Waals surface area contributed by atoms with Crippen molar-refractivity contribution in [1.82, 2.24) is 4.31 Å². The molecule has 1 aliphatic heterocycles. The Hall–Kier alpha value is -1.83. The number of piperazine rings is 1. The molecule has 1 fully saturated rings. The second-order valence-corrected chi connectivity index (χ2v) is 8.43. The molecule has 1 heterocycles. The van der Waals surface area contributed by atoms with E-state index in [1.807, 2.05) is 12.1 Å². The van der Waals surface area contributed by atoms with Crippen molar-refractivity contribution < 1.29 is 17.5 Å². The Morgan fingerprint density at radius 3 is 2.35 bits per heavy atom. The molecule has 0 aromatic heterocycles. The van der Waals surface area contributed by atoms with E-state index in [1.165, 1.54) is 22.5 Å². The monoisotopic (exact) mass is 398 g/mol. The van der Waals surface area contributed by atoms with Crippen LogP contribution in [0.2, 0.25) is 5.02 Å². The van der Waals surface area contributed by atoms with Gasteiger partial charge in [-0.15, -0.1) is 0 Å². The number of hydrogen-bond acceptors (Lipinski definition) is 4. The van der Waals surface area contributed by atoms with Crippen LogP contribution in [0.1, 0.15) is 5.56 Å². The predicted octanol–water partition coefficient (Wildman–Crippen LogP) is 3.31. The van der Waals surface area contributed by atoms with Gasteiger partial charge in [-0.05, 0) is 48.9 Å². The van der Waals surface area contributed by atoms with Gasteiger partial charge in [-0.25, -0.2) is 12.8 Å². The zero-order valence-corrected chi connectivity index (χ0v) is 16.1. The molecule has 0 bridgehead atoms. The topological polar surface area (TPSA) is 49.9 Å². The van der Waals surface area contributed by atoms with Gasteiger partial charge in [0.05, 0.1) is 17.0 Å². The first-order chi connectivity index (χ1) is 12.3. The number of nitrogens with zero attached hydrogens (tertiary/aromatic N) is 2. The quantitative estimate of drug-likeness (QED) is 0.792. The van der Waals surface area contributed by atoms with Gasteiger partial charge in [0.2, 0.25) is 10.0 Å². The average molecular weight is 399 g/mol. The molecule has 0 amide bonds. The summed E-state index contributed by atoms with van der Waals surface area (Å²) in [6, 6.07) is 9.25. The van der Waals surface area contributed by atoms with Crippen LogP contribution in [-0.2, 0) is 10.0 Å². The minimum absolute atomic E-state index is 0.153. The van der Waals surface area contributed by atoms with E-state index < -0.39 is 15.8 Å². The molecule has 0 N–H and O–H groups in total. The van der Waals surface area contributed by atoms with Crippen LogP contribution in [0.3, 0.4) is 0 Å². The average Bonchev–Trinajstić information content (AvgIpc) is 2.61. The fourth-order valence-corrected chi connectivity index (χ4v) is 4.96. The molecule has 2 aromatic carbocycles. The molecule has 0 atom stereocenters. The molecule has 140 valence electrons. The molecule has 0 radical (unpaired) electrons. The highest BCUT2D eigenvalue weighted by Crippen LogP contribution is 2.30. The van der Waals surface area contributed by atoms with Gasteiger partial charge in [-0.1, -0.05) is 11.6 Å². The summed E-state index contributed by atoms with van der Waals surface area (Å²) in [6.45, 7) is 3.39. The predicted molar refractivity (Wildman–Crippen MR) is 100 cm³/mol. The van der Waals surface area contributed by atoms with E-state index in [4.69, 9.17) is 16.3 Å². The summed E-state index contributed by atoms with van der Waals surface area (Å²) in [5.41, 5.74) is 1.33. The van der Waals surface area contributed by atoms with Crippen LogP contribution in [0, 0.1) is 12.7 Å². The maximum atomic E-state index is 13.3. The molecule has 8 heteroatoms. The minimum Gasteiger partial charge on any atom is -0.495 e. The molecule has 5 nitrogen and oxygen atoms in total. The summed E-state index contributed by atoms with van der Waals surface area (Å²) in [7, 11) is -2.08. The minimum atomic E-state index is -3.64. The number of aryl methyl sites for hydroxylation is 1. The van der Waals surface area contributed by atoms with Crippen LogP contribution in [0.5, 0.6) is 5.75 Å². The number of sulfonamides is 1. The van der Waals surface area contributed by atoms with Crippen LogP contribution in [0.4, 0.5) is 10.1 Å². The van der Waals surface area contributed by atoms with E-state index >= 15 is 0 Å². The van der Waals surface area contributed by atoms with E-state index in [0.29, 0.717) is 42.5 Å². The lowest BCUT2D eigenvalue weighted by atomic mass is 10.2. The van der Waals surface area contributed by atoms with Crippen LogP contribution in [-0.4, -0.2) is 46.0 Å². The Balaban J connectivity index is 1.74. The number of hydrogen-bond donors (Lipinski definition) is 0. The van der Waals surface area contributed by atoms with Gasteiger partial charge in [0.25, 0.3) is 0 Å². The van der Waals surface area contributed by atoms with Crippen molar-refractivity contribution in [3.8, 4) is 5.75 Å². The number of rotatable bonds is 4. The van der Waals surface area contributed by atoms with E-state index in [0.717, 1.165) is 5.69 Å². The molecule has 3 rings (SSSR count). The van der Waals surface area contributed by atoms with E-state index in [-0.39, 0.29) is 4.90 Å². The maximum Gasteiger partial charge on any atom is 0.243 e. The molecular weight excluding hydrogens is 379 g/mol. The lowest BCUT2D eigenvalue weighted by molar-refractivity contribution is 0.384. The summed E-state index contributed by atoms with van der Waals surface area (Å²) in [5.74, 6) is 0.158. The van der Waals surface area contributed by atoms with Crippen molar-refractivity contribution >= 4 is 27.3 Å². The van der Waals surface area contributed by atoms with Gasteiger partial charge in [0, 0.05) is 31.9 Å². The summed E-state index contributed by atoms with van der Waals surface area (Å²) < 4.78 is 45.6. The van der Waals surface area contributed by atoms with Crippen LogP contribution < -0.4 is 9.64 Å². The molecule has 0 spiro atoms. The van der Waals surface area contributed by atoms with E-state index in [9.17, 15) is 12.8 Å². The van der Waals surface area contributed by atoms with Crippen LogP contribution in [0.25, 0.3) is 0 Å². The first-order valence-corrected chi connectivity index (χ1v) is 9.99. The lowest BCUT2D eigenvalue weighted by Crippen LogP contribution is -2.48. The molecular formula is C18H20ClFN2O3S. The number of halogens is 2. The fourth-order valence-electron chi connectivity index (χ4n) is 3.08. The third-order valence-electron chi connectivity index (χ3n) is 4.49. The highest BCUT2D eigenvalue weighted by atomic mass is 35.5. The summed E-state index contributed by atoms with van der Waals surface area (Å²) in [6.07, 6.45) is 0. The van der Waals surface area contributed by atoms with Gasteiger partial charge in [0.1, 0.15) is 11.6 Å². The van der Waals surface area contributed by atoms with Crippen molar-refractivity contribution in [2.45, 2.75) is 11.8 Å². The largest absolute Gasteiger partial charge is 0.495 e. The van der Waals surface area contributed by atoms with Gasteiger partial charge >= 0.3 is 0 Å². The van der Waals surface area contributed by atoms with Gasteiger partial charge < -0.3 is 9.64 Å².